The van der Waals surface area contributed by atoms with Crippen LogP contribution in [0.15, 0.2) is 76.2 Å². The Labute approximate surface area is 227 Å². The molecular formula is C28H23Cl2N5OS. The highest BCUT2D eigenvalue weighted by Crippen LogP contribution is 2.64. The van der Waals surface area contributed by atoms with Gasteiger partial charge in [0.2, 0.25) is 4.96 Å². The molecule has 0 spiro atoms. The van der Waals surface area contributed by atoms with E-state index in [4.69, 9.17) is 33.3 Å². The molecule has 1 saturated carbocycles. The Bertz CT molecular complexity index is 1760. The van der Waals surface area contributed by atoms with Crippen molar-refractivity contribution in [1.29, 1.82) is 0 Å². The van der Waals surface area contributed by atoms with E-state index in [0.717, 1.165) is 22.5 Å². The Morgan fingerprint density at radius 2 is 1.78 bits per heavy atom. The van der Waals surface area contributed by atoms with Crippen molar-refractivity contribution >= 4 is 45.6 Å². The number of rotatable bonds is 5. The molecule has 0 bridgehead atoms. The molecule has 6 nitrogen and oxygen atoms in total. The van der Waals surface area contributed by atoms with Crippen molar-refractivity contribution in [2.24, 2.45) is 11.3 Å². The summed E-state index contributed by atoms with van der Waals surface area (Å²) < 4.78 is 4.03. The van der Waals surface area contributed by atoms with Gasteiger partial charge in [-0.1, -0.05) is 96.4 Å². The molecule has 9 heteroatoms. The first kappa shape index (κ1) is 24.1. The third kappa shape index (κ3) is 4.31. The number of nitrogens with zero attached hydrogens (tertiary/aromatic N) is 5. The Morgan fingerprint density at radius 3 is 2.46 bits per heavy atom. The lowest BCUT2D eigenvalue weighted by Gasteiger charge is -2.01. The Kier molecular flexibility index (Phi) is 5.82. The zero-order valence-corrected chi connectivity index (χ0v) is 22.7. The molecule has 6 rings (SSSR count). The van der Waals surface area contributed by atoms with Gasteiger partial charge in [0, 0.05) is 23.2 Å². The zero-order valence-electron chi connectivity index (χ0n) is 20.4. The summed E-state index contributed by atoms with van der Waals surface area (Å²) in [6.45, 7) is 6.30. The van der Waals surface area contributed by atoms with Crippen molar-refractivity contribution < 1.29 is 0 Å². The molecule has 1 fully saturated rings. The lowest BCUT2D eigenvalue weighted by Crippen LogP contribution is -2.23. The van der Waals surface area contributed by atoms with E-state index < -0.39 is 0 Å². The van der Waals surface area contributed by atoms with E-state index in [1.54, 1.807) is 0 Å². The highest BCUT2D eigenvalue weighted by molar-refractivity contribution is 7.15. The molecule has 2 unspecified atom stereocenters. The number of hydrogen-bond acceptors (Lipinski definition) is 5. The molecule has 1 aliphatic rings. The first-order valence-corrected chi connectivity index (χ1v) is 13.5. The van der Waals surface area contributed by atoms with Gasteiger partial charge < -0.3 is 0 Å². The van der Waals surface area contributed by atoms with Crippen LogP contribution in [-0.4, -0.2) is 24.4 Å². The van der Waals surface area contributed by atoms with Crippen LogP contribution >= 0.6 is 34.5 Å². The van der Waals surface area contributed by atoms with E-state index >= 15 is 0 Å². The van der Waals surface area contributed by atoms with Crippen LogP contribution in [0, 0.1) is 18.3 Å². The molecule has 3 aromatic heterocycles. The van der Waals surface area contributed by atoms with Crippen molar-refractivity contribution in [2.45, 2.75) is 26.7 Å². The molecule has 0 aliphatic heterocycles. The van der Waals surface area contributed by atoms with Gasteiger partial charge in [-0.25, -0.2) is 9.67 Å². The number of hydrogen-bond donors (Lipinski definition) is 0. The summed E-state index contributed by atoms with van der Waals surface area (Å²) in [4.78, 5) is 18.6. The van der Waals surface area contributed by atoms with Crippen molar-refractivity contribution in [2.75, 3.05) is 0 Å². The monoisotopic (exact) mass is 547 g/mol. The molecule has 2 aromatic carbocycles. The van der Waals surface area contributed by atoms with Crippen molar-refractivity contribution in [3.63, 3.8) is 0 Å². The van der Waals surface area contributed by atoms with Gasteiger partial charge >= 0.3 is 0 Å². The second-order valence-corrected chi connectivity index (χ2v) is 12.0. The van der Waals surface area contributed by atoms with Crippen molar-refractivity contribution in [1.82, 2.24) is 24.4 Å². The van der Waals surface area contributed by atoms with Crippen LogP contribution in [0.2, 0.25) is 0 Å². The lowest BCUT2D eigenvalue weighted by atomic mass is 10.1. The second kappa shape index (κ2) is 8.94. The molecule has 2 atom stereocenters. The SMILES string of the molecule is Cc1ccc(-c2nn(-c3ccccc3)cc2C=c2sc3nc(C4C(C=C(Cl)Cl)C4(C)C)nn3c2=O)cc1. The third-order valence-electron chi connectivity index (χ3n) is 7.07. The van der Waals surface area contributed by atoms with E-state index in [-0.39, 0.29) is 27.3 Å². The summed E-state index contributed by atoms with van der Waals surface area (Å²) >= 11 is 13.1. The molecule has 3 heterocycles. The lowest BCUT2D eigenvalue weighted by molar-refractivity contribution is 0.585. The fourth-order valence-electron chi connectivity index (χ4n) is 4.88. The van der Waals surface area contributed by atoms with E-state index in [2.05, 4.69) is 38.0 Å². The predicted octanol–water partition coefficient (Wildman–Crippen LogP) is 5.92. The minimum Gasteiger partial charge on any atom is -0.266 e. The van der Waals surface area contributed by atoms with Crippen LogP contribution in [0.25, 0.3) is 28.0 Å². The van der Waals surface area contributed by atoms with Crippen LogP contribution in [0.5, 0.6) is 0 Å². The Hall–Kier alpha value is -3.26. The highest BCUT2D eigenvalue weighted by atomic mass is 35.5. The molecule has 186 valence electrons. The summed E-state index contributed by atoms with van der Waals surface area (Å²) in [5.74, 6) is 0.848. The maximum Gasteiger partial charge on any atom is 0.291 e. The van der Waals surface area contributed by atoms with Crippen LogP contribution in [0.4, 0.5) is 0 Å². The Balaban J connectivity index is 1.43. The molecule has 37 heavy (non-hydrogen) atoms. The van der Waals surface area contributed by atoms with Gasteiger partial charge in [0.1, 0.15) is 4.49 Å². The number of para-hydroxylation sites is 1. The summed E-state index contributed by atoms with van der Waals surface area (Å²) in [5.41, 5.74) is 4.48. The van der Waals surface area contributed by atoms with Gasteiger partial charge in [0.25, 0.3) is 5.56 Å². The van der Waals surface area contributed by atoms with Gasteiger partial charge in [-0.15, -0.1) is 5.10 Å². The fourth-order valence-corrected chi connectivity index (χ4v) is 6.06. The summed E-state index contributed by atoms with van der Waals surface area (Å²) in [6, 6.07) is 18.1. The summed E-state index contributed by atoms with van der Waals surface area (Å²) in [6.07, 6.45) is 5.66. The predicted molar refractivity (Wildman–Crippen MR) is 149 cm³/mol. The van der Waals surface area contributed by atoms with Crippen LogP contribution in [0.3, 0.4) is 0 Å². The van der Waals surface area contributed by atoms with Gasteiger partial charge in [0.05, 0.1) is 15.9 Å². The smallest absolute Gasteiger partial charge is 0.266 e. The number of fused-ring (bicyclic) bond motifs is 1. The van der Waals surface area contributed by atoms with Crippen LogP contribution in [-0.2, 0) is 0 Å². The minimum atomic E-state index is -0.193. The summed E-state index contributed by atoms with van der Waals surface area (Å²) in [5, 5.41) is 9.44. The number of aromatic nitrogens is 5. The van der Waals surface area contributed by atoms with Gasteiger partial charge in [-0.05, 0) is 42.5 Å². The van der Waals surface area contributed by atoms with Gasteiger partial charge in [-0.3, -0.25) is 4.79 Å². The van der Waals surface area contributed by atoms with Gasteiger partial charge in [0.15, 0.2) is 5.82 Å². The van der Waals surface area contributed by atoms with Crippen LogP contribution in [0.1, 0.15) is 36.7 Å². The van der Waals surface area contributed by atoms with E-state index in [1.165, 1.54) is 21.4 Å². The number of benzene rings is 2. The molecule has 0 N–H and O–H groups in total. The normalized spacial score (nSPS) is 18.9. The second-order valence-electron chi connectivity index (χ2n) is 9.94. The van der Waals surface area contributed by atoms with Crippen molar-refractivity contribution in [3.05, 3.63) is 103 Å². The number of allylic oxidation sites excluding steroid dienone is 1. The van der Waals surface area contributed by atoms with Crippen LogP contribution < -0.4 is 10.1 Å². The molecule has 0 saturated heterocycles. The average Bonchev–Trinajstić information content (AvgIpc) is 3.28. The van der Waals surface area contributed by atoms with E-state index in [9.17, 15) is 4.79 Å². The first-order chi connectivity index (χ1) is 17.7. The fraction of sp³-hybridized carbons (Fsp3) is 0.214. The standard InChI is InChI=1S/C28H23Cl2N5OS/c1-16-9-11-17(12-10-16)24-18(15-34(32-24)19-7-5-4-6-8-19)13-21-26(36)35-27(37-21)31-25(33-35)23-20(14-22(29)30)28(23,2)3/h4-15,20,23H,1-3H3. The first-order valence-electron chi connectivity index (χ1n) is 11.9. The Morgan fingerprint density at radius 1 is 1.05 bits per heavy atom. The third-order valence-corrected chi connectivity index (χ3v) is 8.28. The molecule has 0 radical (unpaired) electrons. The highest BCUT2D eigenvalue weighted by Gasteiger charge is 2.59. The topological polar surface area (TPSA) is 65.1 Å². The molecule has 0 amide bonds. The van der Waals surface area contributed by atoms with E-state index in [0.29, 0.717) is 15.3 Å². The quantitative estimate of drug-likeness (QED) is 0.274. The van der Waals surface area contributed by atoms with Crippen molar-refractivity contribution in [3.8, 4) is 16.9 Å². The largest absolute Gasteiger partial charge is 0.291 e. The number of thiazole rings is 1. The van der Waals surface area contributed by atoms with E-state index in [1.807, 2.05) is 65.5 Å². The average molecular weight is 548 g/mol. The number of aryl methyl sites for hydroxylation is 1. The molecule has 5 aromatic rings. The maximum atomic E-state index is 13.3. The van der Waals surface area contributed by atoms with Gasteiger partial charge in [-0.2, -0.15) is 9.61 Å². The molecule has 1 aliphatic carbocycles. The maximum absolute atomic E-state index is 13.3. The zero-order chi connectivity index (χ0) is 25.9. The number of halogens is 2. The minimum absolute atomic E-state index is 0.0659. The molecular weight excluding hydrogens is 525 g/mol. The summed E-state index contributed by atoms with van der Waals surface area (Å²) in [7, 11) is 0.